The van der Waals surface area contributed by atoms with Crippen molar-refractivity contribution in [3.05, 3.63) is 60.8 Å². The van der Waals surface area contributed by atoms with E-state index >= 15 is 0 Å². The third kappa shape index (κ3) is 44.3. The van der Waals surface area contributed by atoms with E-state index in [9.17, 15) is 19.4 Å². The molecular weight excluding hydrogens is 768 g/mol. The van der Waals surface area contributed by atoms with Gasteiger partial charge in [-0.2, -0.15) is 0 Å². The highest BCUT2D eigenvalue weighted by atomic mass is 31.2. The van der Waals surface area contributed by atoms with Gasteiger partial charge in [0.2, 0.25) is 5.91 Å². The zero-order valence-corrected chi connectivity index (χ0v) is 40.5. The smallest absolute Gasteiger partial charge is 0.268 e. The molecule has 350 valence electrons. The molecule has 2 N–H and O–H groups in total. The molecule has 0 radical (unpaired) electrons. The van der Waals surface area contributed by atoms with Gasteiger partial charge in [-0.15, -0.1) is 0 Å². The second kappa shape index (κ2) is 42.5. The van der Waals surface area contributed by atoms with Gasteiger partial charge in [-0.1, -0.05) is 197 Å². The number of aliphatic hydroxyl groups excluding tert-OH is 1. The molecule has 8 nitrogen and oxygen atoms in total. The summed E-state index contributed by atoms with van der Waals surface area (Å²) in [6.07, 6.45) is 55.8. The Morgan fingerprint density at radius 2 is 1.03 bits per heavy atom. The van der Waals surface area contributed by atoms with Crippen LogP contribution in [0.4, 0.5) is 0 Å². The Kier molecular flexibility index (Phi) is 41.2. The number of carbonyl (C=O) groups is 1. The number of carbonyl (C=O) groups excluding carboxylic acids is 1. The van der Waals surface area contributed by atoms with Crippen molar-refractivity contribution in [1.29, 1.82) is 0 Å². The SMILES string of the molecule is CC/C=C\C/C=C\C/C=C\CCCCCC(=O)NC(COP(=O)([O-])OCC[N+](C)(C)C)C(O)/C=C/CC/C=C/CCCCCCCCCCCCCCCCCCCCC. The van der Waals surface area contributed by atoms with Crippen molar-refractivity contribution >= 4 is 13.7 Å². The monoisotopic (exact) mass is 863 g/mol. The van der Waals surface area contributed by atoms with Crippen LogP contribution in [0, 0.1) is 0 Å². The van der Waals surface area contributed by atoms with Gasteiger partial charge in [0.05, 0.1) is 39.9 Å². The topological polar surface area (TPSA) is 108 Å². The number of allylic oxidation sites excluding steroid dienone is 9. The molecule has 0 heterocycles. The van der Waals surface area contributed by atoms with E-state index in [-0.39, 0.29) is 12.5 Å². The number of likely N-dealkylation sites (N-methyl/N-ethyl adjacent to an activating group) is 1. The van der Waals surface area contributed by atoms with Crippen LogP contribution in [0.2, 0.25) is 0 Å². The summed E-state index contributed by atoms with van der Waals surface area (Å²) in [5.41, 5.74) is 0. The minimum absolute atomic E-state index is 0.0145. The fourth-order valence-corrected chi connectivity index (χ4v) is 7.55. The van der Waals surface area contributed by atoms with Gasteiger partial charge in [0, 0.05) is 6.42 Å². The summed E-state index contributed by atoms with van der Waals surface area (Å²) in [7, 11) is 1.22. The van der Waals surface area contributed by atoms with Gasteiger partial charge >= 0.3 is 0 Å². The molecule has 3 unspecified atom stereocenters. The summed E-state index contributed by atoms with van der Waals surface area (Å²) < 4.78 is 23.2. The largest absolute Gasteiger partial charge is 0.756 e. The average Bonchev–Trinajstić information content (AvgIpc) is 3.20. The summed E-state index contributed by atoms with van der Waals surface area (Å²) in [4.78, 5) is 25.3. The van der Waals surface area contributed by atoms with Crippen LogP contribution < -0.4 is 10.2 Å². The first-order valence-electron chi connectivity index (χ1n) is 24.7. The van der Waals surface area contributed by atoms with Crippen LogP contribution in [0.5, 0.6) is 0 Å². The first kappa shape index (κ1) is 58.2. The standard InChI is InChI=1S/C51H95N2O6P/c1-6-8-10-12-14-16-18-20-21-22-23-24-25-26-27-28-29-30-31-33-34-36-38-40-42-44-50(54)49(48-59-60(56,57)58-47-46-53(3,4)5)52-51(55)45-43-41-39-37-35-32-19-17-15-13-11-9-7-2/h9,11,15,17,32,34-36,42,44,49-50,54H,6-8,10,12-14,16,18-31,33,37-41,43,45-48H2,1-5H3,(H-,52,55,56,57)/b11-9-,17-15-,35-32-,36-34+,44-42+. The molecule has 0 fully saturated rings. The summed E-state index contributed by atoms with van der Waals surface area (Å²) in [5, 5.41) is 13.8. The second-order valence-electron chi connectivity index (χ2n) is 17.8. The predicted octanol–water partition coefficient (Wildman–Crippen LogP) is 13.6. The molecule has 0 spiro atoms. The molecule has 0 aliphatic heterocycles. The Labute approximate surface area is 371 Å². The van der Waals surface area contributed by atoms with E-state index in [1.54, 1.807) is 6.08 Å². The maximum absolute atomic E-state index is 12.8. The van der Waals surface area contributed by atoms with Crippen LogP contribution in [0.1, 0.15) is 206 Å². The number of phosphoric ester groups is 1. The van der Waals surface area contributed by atoms with E-state index < -0.39 is 26.6 Å². The number of unbranched alkanes of at least 4 members (excludes halogenated alkanes) is 23. The van der Waals surface area contributed by atoms with Crippen molar-refractivity contribution in [1.82, 2.24) is 5.32 Å². The van der Waals surface area contributed by atoms with Crippen LogP contribution in [0.15, 0.2) is 60.8 Å². The third-order valence-electron chi connectivity index (χ3n) is 10.7. The van der Waals surface area contributed by atoms with E-state index in [1.165, 1.54) is 122 Å². The minimum atomic E-state index is -4.61. The molecule has 0 aromatic heterocycles. The Morgan fingerprint density at radius 1 is 0.600 bits per heavy atom. The van der Waals surface area contributed by atoms with Gasteiger partial charge in [-0.3, -0.25) is 9.36 Å². The second-order valence-corrected chi connectivity index (χ2v) is 19.2. The number of quaternary nitrogens is 1. The number of nitrogens with zero attached hydrogens (tertiary/aromatic N) is 1. The first-order chi connectivity index (χ1) is 29.0. The minimum Gasteiger partial charge on any atom is -0.756 e. The van der Waals surface area contributed by atoms with Crippen molar-refractivity contribution < 1.29 is 32.9 Å². The predicted molar refractivity (Wildman–Crippen MR) is 256 cm³/mol. The number of hydrogen-bond acceptors (Lipinski definition) is 6. The Balaban J connectivity index is 4.34. The van der Waals surface area contributed by atoms with E-state index in [0.29, 0.717) is 23.9 Å². The lowest BCUT2D eigenvalue weighted by Gasteiger charge is -2.29. The van der Waals surface area contributed by atoms with Gasteiger partial charge in [-0.25, -0.2) is 0 Å². The molecule has 0 rings (SSSR count). The lowest BCUT2D eigenvalue weighted by molar-refractivity contribution is -0.870. The van der Waals surface area contributed by atoms with Crippen LogP contribution in [0.25, 0.3) is 0 Å². The number of aliphatic hydroxyl groups is 1. The fourth-order valence-electron chi connectivity index (χ4n) is 6.83. The Hall–Kier alpha value is -1.80. The number of phosphoric acid groups is 1. The number of rotatable bonds is 44. The average molecular weight is 863 g/mol. The van der Waals surface area contributed by atoms with E-state index in [1.807, 2.05) is 27.2 Å². The van der Waals surface area contributed by atoms with E-state index in [2.05, 4.69) is 67.8 Å². The Morgan fingerprint density at radius 3 is 1.55 bits per heavy atom. The lowest BCUT2D eigenvalue weighted by Crippen LogP contribution is -2.45. The van der Waals surface area contributed by atoms with E-state index in [0.717, 1.165) is 57.8 Å². The first-order valence-corrected chi connectivity index (χ1v) is 26.1. The Bertz CT molecular complexity index is 1160. The highest BCUT2D eigenvalue weighted by Gasteiger charge is 2.23. The number of nitrogens with one attached hydrogen (secondary N) is 1. The van der Waals surface area contributed by atoms with Gasteiger partial charge in [-0.05, 0) is 64.2 Å². The van der Waals surface area contributed by atoms with Gasteiger partial charge in [0.25, 0.3) is 7.82 Å². The van der Waals surface area contributed by atoms with Crippen molar-refractivity contribution in [2.45, 2.75) is 219 Å². The quantitative estimate of drug-likeness (QED) is 0.0273. The molecule has 9 heteroatoms. The summed E-state index contributed by atoms with van der Waals surface area (Å²) >= 11 is 0. The van der Waals surface area contributed by atoms with Gasteiger partial charge < -0.3 is 28.8 Å². The lowest BCUT2D eigenvalue weighted by atomic mass is 10.0. The van der Waals surface area contributed by atoms with Crippen molar-refractivity contribution in [2.75, 3.05) is 40.9 Å². The molecule has 3 atom stereocenters. The summed E-state index contributed by atoms with van der Waals surface area (Å²) in [5.74, 6) is -0.238. The third-order valence-corrected chi connectivity index (χ3v) is 11.7. The molecule has 1 amide bonds. The van der Waals surface area contributed by atoms with E-state index in [4.69, 9.17) is 9.05 Å². The van der Waals surface area contributed by atoms with Crippen molar-refractivity contribution in [3.8, 4) is 0 Å². The van der Waals surface area contributed by atoms with Crippen molar-refractivity contribution in [3.63, 3.8) is 0 Å². The highest BCUT2D eigenvalue weighted by molar-refractivity contribution is 7.45. The van der Waals surface area contributed by atoms with Crippen LogP contribution in [0.3, 0.4) is 0 Å². The highest BCUT2D eigenvalue weighted by Crippen LogP contribution is 2.38. The van der Waals surface area contributed by atoms with Gasteiger partial charge in [0.15, 0.2) is 0 Å². The molecule has 0 aromatic rings. The van der Waals surface area contributed by atoms with Crippen LogP contribution in [-0.2, 0) is 18.4 Å². The molecule has 0 aliphatic carbocycles. The van der Waals surface area contributed by atoms with Crippen molar-refractivity contribution in [2.24, 2.45) is 0 Å². The maximum atomic E-state index is 12.8. The summed E-state index contributed by atoms with van der Waals surface area (Å²) in [6.45, 7) is 4.48. The normalized spacial score (nSPS) is 14.7. The van der Waals surface area contributed by atoms with Gasteiger partial charge in [0.1, 0.15) is 13.2 Å². The zero-order valence-electron chi connectivity index (χ0n) is 39.6. The molecular formula is C51H95N2O6P. The fraction of sp³-hybridized carbons (Fsp3) is 0.784. The maximum Gasteiger partial charge on any atom is 0.268 e. The number of hydrogen-bond donors (Lipinski definition) is 2. The molecule has 60 heavy (non-hydrogen) atoms. The summed E-state index contributed by atoms with van der Waals surface area (Å²) in [6, 6.07) is -0.920. The molecule has 0 aliphatic rings. The molecule has 0 aromatic carbocycles. The molecule has 0 bridgehead atoms. The molecule has 0 saturated carbocycles. The zero-order chi connectivity index (χ0) is 44.3. The number of amides is 1. The van der Waals surface area contributed by atoms with Crippen LogP contribution >= 0.6 is 7.82 Å². The molecule has 0 saturated heterocycles. The van der Waals surface area contributed by atoms with Crippen LogP contribution in [-0.4, -0.2) is 68.5 Å².